The summed E-state index contributed by atoms with van der Waals surface area (Å²) in [5.41, 5.74) is 2.70. The lowest BCUT2D eigenvalue weighted by atomic mass is 10.1. The number of hydrogen-bond donors (Lipinski definition) is 0. The zero-order valence-corrected chi connectivity index (χ0v) is 12.7. The zero-order chi connectivity index (χ0) is 15.4. The van der Waals surface area contributed by atoms with Gasteiger partial charge >= 0.3 is 0 Å². The molecular weight excluding hydrogens is 270 g/mol. The smallest absolute Gasteiger partial charge is 0.105 e. The fourth-order valence-electron chi connectivity index (χ4n) is 2.93. The van der Waals surface area contributed by atoms with Gasteiger partial charge in [-0.1, -0.05) is 42.5 Å². The van der Waals surface area contributed by atoms with Crippen LogP contribution in [0.5, 0.6) is 0 Å². The first-order valence-electron chi connectivity index (χ1n) is 7.68. The number of nitriles is 1. The highest BCUT2D eigenvalue weighted by molar-refractivity contribution is 5.87. The Morgan fingerprint density at radius 3 is 2.59 bits per heavy atom. The molecule has 0 aromatic heterocycles. The van der Waals surface area contributed by atoms with Crippen LogP contribution < -0.4 is 0 Å². The predicted octanol–water partition coefficient (Wildman–Crippen LogP) is 4.45. The maximum Gasteiger partial charge on any atom is 0.105 e. The maximum absolute atomic E-state index is 9.21. The van der Waals surface area contributed by atoms with E-state index in [2.05, 4.69) is 42.2 Å². The third kappa shape index (κ3) is 2.87. The molecule has 22 heavy (non-hydrogen) atoms. The van der Waals surface area contributed by atoms with Gasteiger partial charge in [0.05, 0.1) is 17.3 Å². The monoisotopic (exact) mass is 289 g/mol. The van der Waals surface area contributed by atoms with Crippen molar-refractivity contribution in [2.24, 2.45) is 4.99 Å². The van der Waals surface area contributed by atoms with Gasteiger partial charge in [-0.05, 0) is 31.0 Å². The Bertz CT molecular complexity index is 713. The number of benzene rings is 2. The number of rotatable bonds is 3. The zero-order valence-electron chi connectivity index (χ0n) is 12.7. The Hall–Kier alpha value is -2.60. The van der Waals surface area contributed by atoms with Gasteiger partial charge < -0.3 is 4.90 Å². The van der Waals surface area contributed by atoms with Crippen LogP contribution in [0.2, 0.25) is 0 Å². The molecule has 1 aliphatic rings. The molecule has 3 heteroatoms. The first kappa shape index (κ1) is 14.3. The Balaban J connectivity index is 1.90. The largest absolute Gasteiger partial charge is 0.353 e. The molecule has 0 radical (unpaired) electrons. The fourth-order valence-corrected chi connectivity index (χ4v) is 2.93. The molecule has 0 N–H and O–H groups in total. The van der Waals surface area contributed by atoms with Crippen LogP contribution >= 0.6 is 0 Å². The summed E-state index contributed by atoms with van der Waals surface area (Å²) in [6, 6.07) is 20.6. The molecule has 0 saturated carbocycles. The van der Waals surface area contributed by atoms with E-state index >= 15 is 0 Å². The Morgan fingerprint density at radius 1 is 1.09 bits per heavy atom. The van der Waals surface area contributed by atoms with Gasteiger partial charge in [-0.3, -0.25) is 0 Å². The van der Waals surface area contributed by atoms with Crippen molar-refractivity contribution in [1.82, 2.24) is 4.90 Å². The highest BCUT2D eigenvalue weighted by Gasteiger charge is 2.24. The van der Waals surface area contributed by atoms with Gasteiger partial charge in [0.1, 0.15) is 11.9 Å². The molecule has 3 rings (SSSR count). The second kappa shape index (κ2) is 6.44. The molecule has 1 fully saturated rings. The number of aliphatic imine (C=N–C) groups is 1. The van der Waals surface area contributed by atoms with Crippen molar-refractivity contribution < 1.29 is 0 Å². The molecule has 2 aromatic carbocycles. The van der Waals surface area contributed by atoms with E-state index < -0.39 is 0 Å². The molecule has 0 aliphatic carbocycles. The van der Waals surface area contributed by atoms with Gasteiger partial charge in [0, 0.05) is 13.0 Å². The summed E-state index contributed by atoms with van der Waals surface area (Å²) in [6.45, 7) is 3.23. The summed E-state index contributed by atoms with van der Waals surface area (Å²) >= 11 is 0. The first-order chi connectivity index (χ1) is 10.8. The summed E-state index contributed by atoms with van der Waals surface area (Å²) in [4.78, 5) is 7.13. The summed E-state index contributed by atoms with van der Waals surface area (Å²) in [6.07, 6.45) is 2.08. The number of likely N-dealkylation sites (tertiary alicyclic amines) is 1. The molecule has 1 saturated heterocycles. The van der Waals surface area contributed by atoms with Gasteiger partial charge in [0.15, 0.2) is 0 Å². The Kier molecular flexibility index (Phi) is 4.20. The lowest BCUT2D eigenvalue weighted by Crippen LogP contribution is -2.28. The van der Waals surface area contributed by atoms with Crippen molar-refractivity contribution in [2.45, 2.75) is 25.8 Å². The molecule has 1 unspecified atom stereocenters. The predicted molar refractivity (Wildman–Crippen MR) is 89.0 cm³/mol. The van der Waals surface area contributed by atoms with E-state index in [1.807, 2.05) is 30.3 Å². The minimum atomic E-state index is 0.302. The number of nitrogens with zero attached hydrogens (tertiary/aromatic N) is 3. The lowest BCUT2D eigenvalue weighted by Gasteiger charge is -2.27. The lowest BCUT2D eigenvalue weighted by molar-refractivity contribution is 0.364. The normalized spacial score (nSPS) is 17.5. The van der Waals surface area contributed by atoms with E-state index in [-0.39, 0.29) is 0 Å². The van der Waals surface area contributed by atoms with Crippen LogP contribution in [-0.2, 0) is 0 Å². The molecule has 1 heterocycles. The summed E-state index contributed by atoms with van der Waals surface area (Å²) < 4.78 is 0. The van der Waals surface area contributed by atoms with E-state index in [1.165, 1.54) is 5.56 Å². The first-order valence-corrected chi connectivity index (χ1v) is 7.68. The molecule has 0 bridgehead atoms. The number of hydrogen-bond acceptors (Lipinski definition) is 2. The second-order valence-corrected chi connectivity index (χ2v) is 5.54. The van der Waals surface area contributed by atoms with Crippen molar-refractivity contribution >= 4 is 11.5 Å². The van der Waals surface area contributed by atoms with Crippen LogP contribution in [-0.4, -0.2) is 17.3 Å². The van der Waals surface area contributed by atoms with E-state index in [1.54, 1.807) is 0 Å². The van der Waals surface area contributed by atoms with Crippen LogP contribution in [0.4, 0.5) is 5.69 Å². The fraction of sp³-hybridized carbons (Fsp3) is 0.263. The van der Waals surface area contributed by atoms with Crippen molar-refractivity contribution in [3.8, 4) is 6.07 Å². The van der Waals surface area contributed by atoms with E-state index in [9.17, 15) is 5.26 Å². The third-order valence-corrected chi connectivity index (χ3v) is 4.15. The molecule has 2 aromatic rings. The molecule has 1 atom stereocenters. The van der Waals surface area contributed by atoms with Gasteiger partial charge in [-0.2, -0.15) is 5.26 Å². The van der Waals surface area contributed by atoms with Crippen LogP contribution in [0.3, 0.4) is 0 Å². The minimum Gasteiger partial charge on any atom is -0.353 e. The topological polar surface area (TPSA) is 39.4 Å². The van der Waals surface area contributed by atoms with Gasteiger partial charge in [-0.25, -0.2) is 4.99 Å². The maximum atomic E-state index is 9.21. The third-order valence-electron chi connectivity index (χ3n) is 4.15. The second-order valence-electron chi connectivity index (χ2n) is 5.54. The van der Waals surface area contributed by atoms with Crippen molar-refractivity contribution in [2.75, 3.05) is 6.54 Å². The van der Waals surface area contributed by atoms with Gasteiger partial charge in [0.2, 0.25) is 0 Å². The molecular formula is C19H19N3. The average Bonchev–Trinajstić information content (AvgIpc) is 3.03. The molecule has 3 nitrogen and oxygen atoms in total. The Labute approximate surface area is 131 Å². The van der Waals surface area contributed by atoms with Crippen molar-refractivity contribution in [3.63, 3.8) is 0 Å². The van der Waals surface area contributed by atoms with E-state index in [0.29, 0.717) is 11.6 Å². The standard InChI is InChI=1S/C19H19N3/c1-15(16-8-3-2-4-9-16)22-13-7-12-19(22)21-18-11-6-5-10-17(18)14-20/h2-6,8-11,15H,7,12-13H2,1H3/b21-19+. The number of para-hydroxylation sites is 1. The molecule has 110 valence electrons. The number of amidine groups is 1. The van der Waals surface area contributed by atoms with Crippen molar-refractivity contribution in [3.05, 3.63) is 65.7 Å². The summed E-state index contributed by atoms with van der Waals surface area (Å²) in [5.74, 6) is 1.08. The van der Waals surface area contributed by atoms with E-state index in [4.69, 9.17) is 4.99 Å². The highest BCUT2D eigenvalue weighted by atomic mass is 15.2. The van der Waals surface area contributed by atoms with Crippen LogP contribution in [0.15, 0.2) is 59.6 Å². The summed E-state index contributed by atoms with van der Waals surface area (Å²) in [7, 11) is 0. The van der Waals surface area contributed by atoms with Crippen LogP contribution in [0.1, 0.15) is 36.9 Å². The minimum absolute atomic E-state index is 0.302. The average molecular weight is 289 g/mol. The van der Waals surface area contributed by atoms with E-state index in [0.717, 1.165) is 30.9 Å². The van der Waals surface area contributed by atoms with Crippen LogP contribution in [0.25, 0.3) is 0 Å². The molecule has 0 spiro atoms. The highest BCUT2D eigenvalue weighted by Crippen LogP contribution is 2.28. The van der Waals surface area contributed by atoms with Gasteiger partial charge in [-0.15, -0.1) is 0 Å². The Morgan fingerprint density at radius 2 is 1.82 bits per heavy atom. The van der Waals surface area contributed by atoms with Crippen LogP contribution in [0, 0.1) is 11.3 Å². The molecule has 1 aliphatic heterocycles. The quantitative estimate of drug-likeness (QED) is 0.837. The van der Waals surface area contributed by atoms with Crippen molar-refractivity contribution in [1.29, 1.82) is 5.26 Å². The SMILES string of the molecule is CC(c1ccccc1)N1CCC/C1=N\c1ccccc1C#N. The van der Waals surface area contributed by atoms with Gasteiger partial charge in [0.25, 0.3) is 0 Å². The summed E-state index contributed by atoms with van der Waals surface area (Å²) in [5, 5.41) is 9.21. The molecule has 0 amide bonds.